The third-order valence-electron chi connectivity index (χ3n) is 2.70. The number of urea groups is 1. The fraction of sp³-hybridized carbons (Fsp3) is 0.214. The van der Waals surface area contributed by atoms with Gasteiger partial charge in [0, 0.05) is 6.54 Å². The highest BCUT2D eigenvalue weighted by Crippen LogP contribution is 2.05. The van der Waals surface area contributed by atoms with Gasteiger partial charge in [-0.25, -0.2) is 4.79 Å². The average molecular weight is 244 g/mol. The second-order valence-electron chi connectivity index (χ2n) is 4.04. The molecule has 0 unspecified atom stereocenters. The van der Waals surface area contributed by atoms with Crippen molar-refractivity contribution in [1.29, 1.82) is 0 Å². The zero-order valence-corrected chi connectivity index (χ0v) is 10.3. The summed E-state index contributed by atoms with van der Waals surface area (Å²) >= 11 is 0. The van der Waals surface area contributed by atoms with Crippen molar-refractivity contribution in [2.75, 3.05) is 0 Å². The molecule has 0 aliphatic rings. The summed E-state index contributed by atoms with van der Waals surface area (Å²) in [7, 11) is 0. The number of hydrogen-bond acceptors (Lipinski definition) is 2. The largest absolute Gasteiger partial charge is 0.467 e. The number of amides is 2. The van der Waals surface area contributed by atoms with Crippen molar-refractivity contribution in [2.24, 2.45) is 0 Å². The van der Waals surface area contributed by atoms with Crippen LogP contribution in [0.15, 0.2) is 47.1 Å². The predicted molar refractivity (Wildman–Crippen MR) is 69.0 cm³/mol. The van der Waals surface area contributed by atoms with Gasteiger partial charge in [0.05, 0.1) is 12.8 Å². The van der Waals surface area contributed by atoms with E-state index in [1.54, 1.807) is 12.3 Å². The van der Waals surface area contributed by atoms with Crippen LogP contribution in [0.2, 0.25) is 0 Å². The van der Waals surface area contributed by atoms with Gasteiger partial charge in [0.25, 0.3) is 0 Å². The second kappa shape index (κ2) is 5.91. The van der Waals surface area contributed by atoms with Gasteiger partial charge < -0.3 is 15.1 Å². The van der Waals surface area contributed by atoms with Gasteiger partial charge in [-0.3, -0.25) is 0 Å². The molecular formula is C14H16N2O2. The molecule has 1 aromatic carbocycles. The lowest BCUT2D eigenvalue weighted by Crippen LogP contribution is -2.34. The highest BCUT2D eigenvalue weighted by Gasteiger charge is 2.03. The first-order chi connectivity index (χ1) is 8.75. The lowest BCUT2D eigenvalue weighted by Gasteiger charge is -2.08. The Morgan fingerprint density at radius 1 is 1.11 bits per heavy atom. The maximum absolute atomic E-state index is 11.6. The van der Waals surface area contributed by atoms with E-state index >= 15 is 0 Å². The van der Waals surface area contributed by atoms with Crippen LogP contribution in [0, 0.1) is 6.92 Å². The maximum Gasteiger partial charge on any atom is 0.315 e. The summed E-state index contributed by atoms with van der Waals surface area (Å²) in [6.07, 6.45) is 1.59. The van der Waals surface area contributed by atoms with Gasteiger partial charge in [0.2, 0.25) is 0 Å². The Bertz CT molecular complexity index is 506. The molecule has 0 spiro atoms. The van der Waals surface area contributed by atoms with Crippen molar-refractivity contribution in [2.45, 2.75) is 20.0 Å². The topological polar surface area (TPSA) is 54.3 Å². The second-order valence-corrected chi connectivity index (χ2v) is 4.04. The molecule has 2 rings (SSSR count). The molecule has 2 N–H and O–H groups in total. The number of carbonyl (C=O) groups excluding carboxylic acids is 1. The quantitative estimate of drug-likeness (QED) is 0.868. The zero-order chi connectivity index (χ0) is 12.8. The monoisotopic (exact) mass is 244 g/mol. The molecule has 4 nitrogen and oxygen atoms in total. The SMILES string of the molecule is Cc1ccccc1CNC(=O)NCc1ccco1. The van der Waals surface area contributed by atoms with Crippen molar-refractivity contribution >= 4 is 6.03 Å². The highest BCUT2D eigenvalue weighted by molar-refractivity contribution is 5.73. The van der Waals surface area contributed by atoms with E-state index in [0.29, 0.717) is 13.1 Å². The third-order valence-corrected chi connectivity index (χ3v) is 2.70. The molecule has 4 heteroatoms. The van der Waals surface area contributed by atoms with E-state index in [0.717, 1.165) is 11.3 Å². The first-order valence-corrected chi connectivity index (χ1v) is 5.84. The Balaban J connectivity index is 1.77. The molecule has 0 saturated carbocycles. The molecule has 94 valence electrons. The van der Waals surface area contributed by atoms with E-state index in [9.17, 15) is 4.79 Å². The van der Waals surface area contributed by atoms with Gasteiger partial charge in [-0.15, -0.1) is 0 Å². The Labute approximate surface area is 106 Å². The smallest absolute Gasteiger partial charge is 0.315 e. The summed E-state index contributed by atoms with van der Waals surface area (Å²) in [5, 5.41) is 5.54. The summed E-state index contributed by atoms with van der Waals surface area (Å²) in [5.74, 6) is 0.737. The van der Waals surface area contributed by atoms with Crippen LogP contribution in [0.5, 0.6) is 0 Å². The molecule has 0 radical (unpaired) electrons. The molecule has 0 aliphatic heterocycles. The molecule has 1 heterocycles. The normalized spacial score (nSPS) is 10.1. The Kier molecular flexibility index (Phi) is 4.02. The Morgan fingerprint density at radius 2 is 1.89 bits per heavy atom. The maximum atomic E-state index is 11.6. The molecular weight excluding hydrogens is 228 g/mol. The first-order valence-electron chi connectivity index (χ1n) is 5.84. The van der Waals surface area contributed by atoms with Crippen molar-refractivity contribution < 1.29 is 9.21 Å². The minimum absolute atomic E-state index is 0.199. The van der Waals surface area contributed by atoms with Crippen LogP contribution in [0.25, 0.3) is 0 Å². The summed E-state index contributed by atoms with van der Waals surface area (Å²) in [5.41, 5.74) is 2.29. The molecule has 0 atom stereocenters. The lowest BCUT2D eigenvalue weighted by atomic mass is 10.1. The van der Waals surface area contributed by atoms with E-state index in [4.69, 9.17) is 4.42 Å². The van der Waals surface area contributed by atoms with E-state index in [1.807, 2.05) is 37.3 Å². The Morgan fingerprint density at radius 3 is 2.61 bits per heavy atom. The van der Waals surface area contributed by atoms with Crippen LogP contribution in [-0.4, -0.2) is 6.03 Å². The fourth-order valence-electron chi connectivity index (χ4n) is 1.63. The first kappa shape index (κ1) is 12.2. The number of benzene rings is 1. The number of aryl methyl sites for hydroxylation is 1. The van der Waals surface area contributed by atoms with Gasteiger partial charge in [0.15, 0.2) is 0 Å². The van der Waals surface area contributed by atoms with Crippen molar-refractivity contribution in [1.82, 2.24) is 10.6 Å². The summed E-state index contributed by atoms with van der Waals surface area (Å²) in [6, 6.07) is 11.4. The van der Waals surface area contributed by atoms with E-state index in [-0.39, 0.29) is 6.03 Å². The number of hydrogen-bond donors (Lipinski definition) is 2. The lowest BCUT2D eigenvalue weighted by molar-refractivity contribution is 0.239. The predicted octanol–water partition coefficient (Wildman–Crippen LogP) is 2.59. The number of rotatable bonds is 4. The highest BCUT2D eigenvalue weighted by atomic mass is 16.3. The molecule has 2 amide bonds. The van der Waals surface area contributed by atoms with Crippen LogP contribution >= 0.6 is 0 Å². The van der Waals surface area contributed by atoms with Crippen LogP contribution in [0.1, 0.15) is 16.9 Å². The van der Waals surface area contributed by atoms with Crippen LogP contribution < -0.4 is 10.6 Å². The third kappa shape index (κ3) is 3.38. The van der Waals surface area contributed by atoms with Crippen molar-refractivity contribution in [3.8, 4) is 0 Å². The molecule has 0 saturated heterocycles. The van der Waals surface area contributed by atoms with Gasteiger partial charge in [0.1, 0.15) is 5.76 Å². The van der Waals surface area contributed by atoms with Crippen LogP contribution in [0.4, 0.5) is 4.79 Å². The number of carbonyl (C=O) groups is 1. The molecule has 1 aromatic heterocycles. The van der Waals surface area contributed by atoms with Crippen LogP contribution in [-0.2, 0) is 13.1 Å². The molecule has 0 aliphatic carbocycles. The van der Waals surface area contributed by atoms with E-state index in [1.165, 1.54) is 5.56 Å². The summed E-state index contributed by atoms with van der Waals surface area (Å²) in [4.78, 5) is 11.6. The van der Waals surface area contributed by atoms with E-state index in [2.05, 4.69) is 10.6 Å². The molecule has 2 aromatic rings. The number of furan rings is 1. The average Bonchev–Trinajstić information content (AvgIpc) is 2.88. The number of nitrogens with one attached hydrogen (secondary N) is 2. The Hall–Kier alpha value is -2.23. The molecule has 18 heavy (non-hydrogen) atoms. The van der Waals surface area contributed by atoms with Crippen molar-refractivity contribution in [3.05, 3.63) is 59.5 Å². The van der Waals surface area contributed by atoms with Gasteiger partial charge in [-0.2, -0.15) is 0 Å². The van der Waals surface area contributed by atoms with E-state index < -0.39 is 0 Å². The standard InChI is InChI=1S/C14H16N2O2/c1-11-5-2-3-6-12(11)9-15-14(17)16-10-13-7-4-8-18-13/h2-8H,9-10H2,1H3,(H2,15,16,17). The van der Waals surface area contributed by atoms with Crippen LogP contribution in [0.3, 0.4) is 0 Å². The van der Waals surface area contributed by atoms with Crippen molar-refractivity contribution in [3.63, 3.8) is 0 Å². The molecule has 0 bridgehead atoms. The minimum Gasteiger partial charge on any atom is -0.467 e. The minimum atomic E-state index is -0.199. The van der Waals surface area contributed by atoms with Gasteiger partial charge in [-0.05, 0) is 30.2 Å². The zero-order valence-electron chi connectivity index (χ0n) is 10.3. The van der Waals surface area contributed by atoms with Gasteiger partial charge in [-0.1, -0.05) is 24.3 Å². The summed E-state index contributed by atoms with van der Waals surface area (Å²) < 4.78 is 5.12. The molecule has 0 fully saturated rings. The summed E-state index contributed by atoms with van der Waals surface area (Å²) in [6.45, 7) is 2.95. The fourth-order valence-corrected chi connectivity index (χ4v) is 1.63. The van der Waals surface area contributed by atoms with Gasteiger partial charge >= 0.3 is 6.03 Å².